The van der Waals surface area contributed by atoms with Gasteiger partial charge in [-0.2, -0.15) is 0 Å². The molecule has 112 valence electrons. The van der Waals surface area contributed by atoms with Gasteiger partial charge in [0, 0.05) is 28.4 Å². The molecule has 2 heterocycles. The van der Waals surface area contributed by atoms with Crippen molar-refractivity contribution < 1.29 is 9.63 Å². The van der Waals surface area contributed by atoms with Crippen LogP contribution in [0.5, 0.6) is 0 Å². The third-order valence-corrected chi connectivity index (χ3v) is 4.64. The van der Waals surface area contributed by atoms with Crippen LogP contribution in [0, 0.1) is 0 Å². The molecule has 0 saturated heterocycles. The van der Waals surface area contributed by atoms with E-state index in [0.717, 1.165) is 21.3 Å². The summed E-state index contributed by atoms with van der Waals surface area (Å²) in [6, 6.07) is 11.6. The van der Waals surface area contributed by atoms with Gasteiger partial charge in [0.15, 0.2) is 0 Å². The Morgan fingerprint density at radius 2 is 2.18 bits per heavy atom. The van der Waals surface area contributed by atoms with E-state index >= 15 is 0 Å². The van der Waals surface area contributed by atoms with Crippen LogP contribution < -0.4 is 0 Å². The highest BCUT2D eigenvalue weighted by Gasteiger charge is 2.11. The number of thiophene rings is 1. The minimum absolute atomic E-state index is 0.221. The maximum Gasteiger partial charge on any atom is 0.340 e. The smallest absolute Gasteiger partial charge is 0.334 e. The molecule has 0 fully saturated rings. The van der Waals surface area contributed by atoms with Gasteiger partial charge >= 0.3 is 5.97 Å². The zero-order valence-corrected chi connectivity index (χ0v) is 13.4. The van der Waals surface area contributed by atoms with E-state index in [-0.39, 0.29) is 6.42 Å². The third-order valence-electron chi connectivity index (χ3n) is 3.31. The van der Waals surface area contributed by atoms with Crippen molar-refractivity contribution >= 4 is 46.0 Å². The number of hydrogen-bond donors (Lipinski definition) is 0. The van der Waals surface area contributed by atoms with Crippen molar-refractivity contribution in [2.24, 2.45) is 12.2 Å². The molecular formula is C16H13ClN2O2S. The van der Waals surface area contributed by atoms with Crippen molar-refractivity contribution in [1.29, 1.82) is 0 Å². The summed E-state index contributed by atoms with van der Waals surface area (Å²) in [5.74, 6) is -0.393. The molecule has 0 aliphatic heterocycles. The minimum atomic E-state index is -0.393. The molecule has 6 heteroatoms. The van der Waals surface area contributed by atoms with Gasteiger partial charge in [-0.05, 0) is 17.5 Å². The maximum absolute atomic E-state index is 11.7. The monoisotopic (exact) mass is 332 g/mol. The lowest BCUT2D eigenvalue weighted by atomic mass is 10.2. The molecule has 2 aromatic heterocycles. The van der Waals surface area contributed by atoms with Gasteiger partial charge in [0.2, 0.25) is 0 Å². The van der Waals surface area contributed by atoms with Crippen molar-refractivity contribution in [1.82, 2.24) is 4.57 Å². The number of carbonyl (C=O) groups excluding carboxylic acids is 1. The van der Waals surface area contributed by atoms with Crippen molar-refractivity contribution in [2.75, 3.05) is 0 Å². The molecule has 22 heavy (non-hydrogen) atoms. The zero-order valence-electron chi connectivity index (χ0n) is 11.8. The molecule has 0 aliphatic carbocycles. The fourth-order valence-corrected chi connectivity index (χ4v) is 3.17. The van der Waals surface area contributed by atoms with Crippen LogP contribution in [-0.2, 0) is 23.1 Å². The zero-order chi connectivity index (χ0) is 15.5. The molecule has 0 N–H and O–H groups in total. The Morgan fingerprint density at radius 1 is 1.36 bits per heavy atom. The number of halogens is 1. The summed E-state index contributed by atoms with van der Waals surface area (Å²) in [6.07, 6.45) is 1.70. The summed E-state index contributed by atoms with van der Waals surface area (Å²) >= 11 is 7.81. The van der Waals surface area contributed by atoms with E-state index in [2.05, 4.69) is 5.16 Å². The first kappa shape index (κ1) is 14.8. The van der Waals surface area contributed by atoms with E-state index in [1.807, 2.05) is 53.4 Å². The van der Waals surface area contributed by atoms with E-state index in [9.17, 15) is 4.79 Å². The number of nitrogens with zero attached hydrogens (tertiary/aromatic N) is 2. The molecule has 3 aromatic rings. The Kier molecular flexibility index (Phi) is 4.27. The number of hydrogen-bond acceptors (Lipinski definition) is 4. The number of oxime groups is 1. The van der Waals surface area contributed by atoms with Gasteiger partial charge in [-0.3, -0.25) is 0 Å². The van der Waals surface area contributed by atoms with Crippen LogP contribution >= 0.6 is 22.9 Å². The van der Waals surface area contributed by atoms with Gasteiger partial charge in [-0.25, -0.2) is 4.79 Å². The van der Waals surface area contributed by atoms with Crippen molar-refractivity contribution in [2.45, 2.75) is 6.42 Å². The predicted octanol–water partition coefficient (Wildman–Crippen LogP) is 4.01. The lowest BCUT2D eigenvalue weighted by Gasteiger charge is -1.96. The number of benzene rings is 1. The fraction of sp³-hybridized carbons (Fsp3) is 0.125. The van der Waals surface area contributed by atoms with Crippen molar-refractivity contribution in [3.8, 4) is 0 Å². The molecule has 0 saturated carbocycles. The molecule has 0 amide bonds. The average molecular weight is 333 g/mol. The molecular weight excluding hydrogens is 320 g/mol. The van der Waals surface area contributed by atoms with Crippen LogP contribution in [0.1, 0.15) is 10.4 Å². The van der Waals surface area contributed by atoms with Crippen LogP contribution in [0.25, 0.3) is 10.9 Å². The number of aromatic nitrogens is 1. The Bertz CT molecular complexity index is 837. The highest BCUT2D eigenvalue weighted by atomic mass is 35.5. The minimum Gasteiger partial charge on any atom is -0.334 e. The number of rotatable bonds is 4. The van der Waals surface area contributed by atoms with Gasteiger partial charge in [-0.1, -0.05) is 41.0 Å². The van der Waals surface area contributed by atoms with Gasteiger partial charge in [0.1, 0.15) is 5.15 Å². The first-order valence-corrected chi connectivity index (χ1v) is 7.91. The fourth-order valence-electron chi connectivity index (χ4n) is 2.24. The summed E-state index contributed by atoms with van der Waals surface area (Å²) in [5.41, 5.74) is 1.74. The first-order chi connectivity index (χ1) is 10.7. The second kappa shape index (κ2) is 6.34. The largest absolute Gasteiger partial charge is 0.340 e. The lowest BCUT2D eigenvalue weighted by molar-refractivity contribution is -0.142. The molecule has 0 spiro atoms. The maximum atomic E-state index is 11.7. The quantitative estimate of drug-likeness (QED) is 0.411. The van der Waals surface area contributed by atoms with Gasteiger partial charge in [0.25, 0.3) is 0 Å². The normalized spacial score (nSPS) is 11.4. The van der Waals surface area contributed by atoms with Crippen molar-refractivity contribution in [3.63, 3.8) is 0 Å². The van der Waals surface area contributed by atoms with Crippen LogP contribution in [-0.4, -0.2) is 16.8 Å². The number of aryl methyl sites for hydroxylation is 1. The predicted molar refractivity (Wildman–Crippen MR) is 89.6 cm³/mol. The molecule has 0 atom stereocenters. The van der Waals surface area contributed by atoms with Gasteiger partial charge < -0.3 is 9.40 Å². The second-order valence-electron chi connectivity index (χ2n) is 4.73. The summed E-state index contributed by atoms with van der Waals surface area (Å²) in [5, 5.41) is 7.22. The number of para-hydroxylation sites is 1. The Hall–Kier alpha value is -2.11. The van der Waals surface area contributed by atoms with Crippen molar-refractivity contribution in [3.05, 3.63) is 57.4 Å². The lowest BCUT2D eigenvalue weighted by Crippen LogP contribution is -2.03. The highest BCUT2D eigenvalue weighted by molar-refractivity contribution is 7.10. The topological polar surface area (TPSA) is 43.6 Å². The average Bonchev–Trinajstić information content (AvgIpc) is 3.10. The van der Waals surface area contributed by atoms with Gasteiger partial charge in [0.05, 0.1) is 12.6 Å². The molecule has 4 nitrogen and oxygen atoms in total. The first-order valence-electron chi connectivity index (χ1n) is 6.65. The second-order valence-corrected chi connectivity index (χ2v) is 6.12. The summed E-state index contributed by atoms with van der Waals surface area (Å²) in [4.78, 5) is 17.5. The van der Waals surface area contributed by atoms with Crippen LogP contribution in [0.2, 0.25) is 5.15 Å². The molecule has 0 unspecified atom stereocenters. The van der Waals surface area contributed by atoms with E-state index in [1.54, 1.807) is 0 Å². The van der Waals surface area contributed by atoms with E-state index in [0.29, 0.717) is 5.15 Å². The summed E-state index contributed by atoms with van der Waals surface area (Å²) < 4.78 is 1.87. The Labute approximate surface area is 136 Å². The van der Waals surface area contributed by atoms with Gasteiger partial charge in [-0.15, -0.1) is 11.3 Å². The van der Waals surface area contributed by atoms with Crippen LogP contribution in [0.15, 0.2) is 46.9 Å². The Balaban J connectivity index is 1.76. The van der Waals surface area contributed by atoms with E-state index in [4.69, 9.17) is 16.4 Å². The number of carbonyl (C=O) groups is 1. The third kappa shape index (κ3) is 2.91. The molecule has 0 aliphatic rings. The highest BCUT2D eigenvalue weighted by Crippen LogP contribution is 2.27. The number of fused-ring (bicyclic) bond motifs is 1. The van der Waals surface area contributed by atoms with Crippen LogP contribution in [0.4, 0.5) is 0 Å². The molecule has 1 aromatic carbocycles. The SMILES string of the molecule is Cn1c(Cl)c(C=NOC(=O)Cc2cccs2)c2ccccc21. The van der Waals surface area contributed by atoms with E-state index in [1.165, 1.54) is 17.6 Å². The Morgan fingerprint density at radius 3 is 2.95 bits per heavy atom. The summed E-state index contributed by atoms with van der Waals surface area (Å²) in [6.45, 7) is 0. The summed E-state index contributed by atoms with van der Waals surface area (Å²) in [7, 11) is 1.88. The van der Waals surface area contributed by atoms with E-state index < -0.39 is 5.97 Å². The molecule has 3 rings (SSSR count). The molecule has 0 radical (unpaired) electrons. The molecule has 0 bridgehead atoms. The standard InChI is InChI=1S/C16H13ClN2O2S/c1-19-14-7-3-2-6-12(14)13(16(19)17)10-18-21-15(20)9-11-5-4-8-22-11/h2-8,10H,9H2,1H3. The van der Waals surface area contributed by atoms with Crippen LogP contribution in [0.3, 0.4) is 0 Å².